The van der Waals surface area contributed by atoms with Crippen LogP contribution in [0.5, 0.6) is 0 Å². The van der Waals surface area contributed by atoms with E-state index in [9.17, 15) is 34.1 Å². The fourth-order valence-corrected chi connectivity index (χ4v) is 6.20. The van der Waals surface area contributed by atoms with Gasteiger partial charge in [-0.15, -0.1) is 0 Å². The third-order valence-corrected chi connectivity index (χ3v) is 9.94. The summed E-state index contributed by atoms with van der Waals surface area (Å²) in [5, 5.41) is 28.9. The lowest BCUT2D eigenvalue weighted by molar-refractivity contribution is -0.161. The van der Waals surface area contributed by atoms with Gasteiger partial charge in [-0.1, -0.05) is 156 Å². The second-order valence-electron chi connectivity index (χ2n) is 14.8. The minimum absolute atomic E-state index is 0.0324. The van der Waals surface area contributed by atoms with Gasteiger partial charge in [0.05, 0.1) is 25.4 Å². The third kappa shape index (κ3) is 40.4. The number of aliphatic carboxylic acids is 1. The monoisotopic (exact) mass is 892 g/mol. The Hall–Kier alpha value is -3.68. The molecule has 0 aliphatic carbocycles. The number of carboxylic acid groups (broad SMARTS) is 1. The molecule has 6 N–H and O–H groups in total. The van der Waals surface area contributed by atoms with Crippen LogP contribution in [0, 0.1) is 0 Å². The quantitative estimate of drug-likeness (QED) is 0.0128. The molecule has 1 unspecified atom stereocenters. The van der Waals surface area contributed by atoms with Crippen LogP contribution in [0.3, 0.4) is 0 Å². The molecule has 0 rings (SSSR count). The van der Waals surface area contributed by atoms with Gasteiger partial charge in [0, 0.05) is 12.8 Å². The standard InChI is InChI=1S/C48H78NO12P/c1-3-5-7-8-9-10-11-12-13-14-15-16-17-18-22-25-31-37-46(52)58-39-44(40-59-62(56,57)60-41-45(49)48(54)55)61-47(53)38-32-26-30-36-43(51)35-29-24-21-19-20-23-28-34-42(50)33-27-6-4-2/h6,9-10,12-13,20-21,23-24,27-30,34-36,42-45,50-51H,3-5,7-8,11,14-19,22,25-26,31-33,37-41,49H2,1-2H3,(H,54,55)(H,56,57)/b10-9-,13-12-,23-20-,24-21-,27-6-,34-28+,35-29+,36-30-/t42-,43-,44+,45-/m0/s1. The van der Waals surface area contributed by atoms with Crippen molar-refractivity contribution in [3.63, 3.8) is 0 Å². The number of aliphatic hydroxyl groups is 2. The van der Waals surface area contributed by atoms with Gasteiger partial charge in [-0.3, -0.25) is 23.4 Å². The molecule has 0 saturated carbocycles. The van der Waals surface area contributed by atoms with E-state index in [0.29, 0.717) is 32.1 Å². The van der Waals surface area contributed by atoms with Crippen molar-refractivity contribution in [3.05, 3.63) is 97.2 Å². The molecule has 0 bridgehead atoms. The number of hydrogen-bond acceptors (Lipinski definition) is 11. The topological polar surface area (TPSA) is 212 Å². The molecule has 14 heteroatoms. The van der Waals surface area contributed by atoms with Gasteiger partial charge in [-0.05, 0) is 70.6 Å². The SMILES string of the molecule is CC/C=C\C[C@H](O)/C=C/C=C\C/C=C\C=C\[C@H](O)/C=C\CCCC(=O)O[C@H](COC(=O)CCCCCCCCC/C=C\C/C=C\CCCCC)COP(=O)(O)OC[C@H](N)C(=O)O. The number of nitrogens with two attached hydrogens (primary N) is 1. The molecule has 0 amide bonds. The average molecular weight is 892 g/mol. The summed E-state index contributed by atoms with van der Waals surface area (Å²) in [6.45, 7) is 2.37. The molecule has 0 aromatic heterocycles. The number of esters is 2. The Balaban J connectivity index is 4.63. The van der Waals surface area contributed by atoms with Crippen LogP contribution < -0.4 is 5.73 Å². The summed E-state index contributed by atoms with van der Waals surface area (Å²) in [5.74, 6) is -2.61. The first kappa shape index (κ1) is 58.3. The van der Waals surface area contributed by atoms with Crippen molar-refractivity contribution in [1.29, 1.82) is 0 Å². The number of carbonyl (C=O) groups is 3. The van der Waals surface area contributed by atoms with Gasteiger partial charge in [-0.25, -0.2) is 4.57 Å². The lowest BCUT2D eigenvalue weighted by atomic mass is 10.1. The van der Waals surface area contributed by atoms with Gasteiger partial charge < -0.3 is 35.4 Å². The molecular formula is C48H78NO12P. The van der Waals surface area contributed by atoms with Crippen LogP contribution in [0.4, 0.5) is 0 Å². The minimum Gasteiger partial charge on any atom is -0.480 e. The van der Waals surface area contributed by atoms with Crippen LogP contribution >= 0.6 is 7.82 Å². The van der Waals surface area contributed by atoms with Crippen molar-refractivity contribution in [2.75, 3.05) is 19.8 Å². The predicted octanol–water partition coefficient (Wildman–Crippen LogP) is 10.0. The van der Waals surface area contributed by atoms with Crippen LogP contribution in [0.2, 0.25) is 0 Å². The summed E-state index contributed by atoms with van der Waals surface area (Å²) >= 11 is 0. The van der Waals surface area contributed by atoms with Gasteiger partial charge in [-0.2, -0.15) is 0 Å². The van der Waals surface area contributed by atoms with Gasteiger partial charge in [0.25, 0.3) is 0 Å². The smallest absolute Gasteiger partial charge is 0.472 e. The fraction of sp³-hybridized carbons (Fsp3) is 0.604. The van der Waals surface area contributed by atoms with Crippen molar-refractivity contribution >= 4 is 25.7 Å². The molecule has 0 aliphatic heterocycles. The van der Waals surface area contributed by atoms with E-state index >= 15 is 0 Å². The summed E-state index contributed by atoms with van der Waals surface area (Å²) in [7, 11) is -4.78. The Bertz CT molecular complexity index is 1450. The van der Waals surface area contributed by atoms with E-state index in [0.717, 1.165) is 57.8 Å². The lowest BCUT2D eigenvalue weighted by Crippen LogP contribution is -2.34. The third-order valence-electron chi connectivity index (χ3n) is 8.99. The van der Waals surface area contributed by atoms with E-state index in [4.69, 9.17) is 24.8 Å². The fourth-order valence-electron chi connectivity index (χ4n) is 5.42. The Kier molecular flexibility index (Phi) is 38.9. The first-order valence-corrected chi connectivity index (χ1v) is 24.0. The number of phosphoric acid groups is 1. The normalized spacial score (nSPS) is 15.6. The van der Waals surface area contributed by atoms with E-state index in [1.807, 2.05) is 49.5 Å². The summed E-state index contributed by atoms with van der Waals surface area (Å²) < 4.78 is 32.6. The Morgan fingerprint density at radius 1 is 0.613 bits per heavy atom. The Morgan fingerprint density at radius 2 is 1.19 bits per heavy atom. The van der Waals surface area contributed by atoms with Crippen molar-refractivity contribution in [2.24, 2.45) is 5.73 Å². The number of aliphatic hydroxyl groups excluding tert-OH is 2. The van der Waals surface area contributed by atoms with E-state index in [1.165, 1.54) is 25.7 Å². The first-order chi connectivity index (χ1) is 29.9. The minimum atomic E-state index is -4.78. The second-order valence-corrected chi connectivity index (χ2v) is 16.3. The van der Waals surface area contributed by atoms with Crippen molar-refractivity contribution in [1.82, 2.24) is 0 Å². The van der Waals surface area contributed by atoms with E-state index in [-0.39, 0.29) is 12.8 Å². The molecule has 0 aromatic rings. The van der Waals surface area contributed by atoms with Gasteiger partial charge >= 0.3 is 25.7 Å². The summed E-state index contributed by atoms with van der Waals surface area (Å²) in [5.41, 5.74) is 5.32. The molecule has 62 heavy (non-hydrogen) atoms. The number of phosphoric ester groups is 1. The van der Waals surface area contributed by atoms with Crippen LogP contribution in [-0.4, -0.2) is 82.3 Å². The molecule has 13 nitrogen and oxygen atoms in total. The molecule has 0 aromatic carbocycles. The highest BCUT2D eigenvalue weighted by Gasteiger charge is 2.28. The average Bonchev–Trinajstić information content (AvgIpc) is 3.24. The maximum absolute atomic E-state index is 12.6. The molecule has 352 valence electrons. The number of ether oxygens (including phenoxy) is 2. The van der Waals surface area contributed by atoms with Crippen LogP contribution in [0.15, 0.2) is 97.2 Å². The molecule has 5 atom stereocenters. The summed E-state index contributed by atoms with van der Waals surface area (Å²) in [6, 6.07) is -1.56. The molecule has 0 heterocycles. The lowest BCUT2D eigenvalue weighted by Gasteiger charge is -2.20. The van der Waals surface area contributed by atoms with Crippen molar-refractivity contribution in [2.45, 2.75) is 167 Å². The van der Waals surface area contributed by atoms with Crippen LogP contribution in [0.25, 0.3) is 0 Å². The molecule has 0 saturated heterocycles. The summed E-state index contributed by atoms with van der Waals surface area (Å²) in [4.78, 5) is 46.0. The zero-order chi connectivity index (χ0) is 45.9. The largest absolute Gasteiger partial charge is 0.480 e. The zero-order valence-electron chi connectivity index (χ0n) is 37.4. The second kappa shape index (κ2) is 41.3. The van der Waals surface area contributed by atoms with Gasteiger partial charge in [0.1, 0.15) is 12.6 Å². The number of rotatable bonds is 40. The number of carbonyl (C=O) groups excluding carboxylic acids is 2. The van der Waals surface area contributed by atoms with E-state index in [1.54, 1.807) is 30.4 Å². The highest BCUT2D eigenvalue weighted by molar-refractivity contribution is 7.47. The van der Waals surface area contributed by atoms with Gasteiger partial charge in [0.2, 0.25) is 0 Å². The number of carboxylic acids is 1. The molecular weight excluding hydrogens is 813 g/mol. The highest BCUT2D eigenvalue weighted by atomic mass is 31.2. The first-order valence-electron chi connectivity index (χ1n) is 22.5. The van der Waals surface area contributed by atoms with Gasteiger partial charge in [0.15, 0.2) is 6.10 Å². The Morgan fingerprint density at radius 3 is 1.85 bits per heavy atom. The predicted molar refractivity (Wildman–Crippen MR) is 247 cm³/mol. The number of allylic oxidation sites excluding steroid dienone is 12. The van der Waals surface area contributed by atoms with Crippen molar-refractivity contribution in [3.8, 4) is 0 Å². The number of hydrogen-bond donors (Lipinski definition) is 5. The van der Waals surface area contributed by atoms with Crippen molar-refractivity contribution < 1.29 is 57.7 Å². The molecule has 0 spiro atoms. The molecule has 0 aliphatic rings. The maximum atomic E-state index is 12.6. The Labute approximate surface area is 371 Å². The van der Waals surface area contributed by atoms with Crippen LogP contribution in [-0.2, 0) is 37.5 Å². The van der Waals surface area contributed by atoms with Crippen LogP contribution in [0.1, 0.15) is 142 Å². The molecule has 0 fully saturated rings. The summed E-state index contributed by atoms with van der Waals surface area (Å²) in [6.07, 6.45) is 45.4. The van der Waals surface area contributed by atoms with E-state index < -0.39 is 69.9 Å². The van der Waals surface area contributed by atoms with E-state index in [2.05, 4.69) is 35.8 Å². The maximum Gasteiger partial charge on any atom is 0.472 e. The zero-order valence-corrected chi connectivity index (χ0v) is 38.3. The molecule has 0 radical (unpaired) electrons. The number of unbranched alkanes of at least 4 members (excludes halogenated alkanes) is 11. The highest BCUT2D eigenvalue weighted by Crippen LogP contribution is 2.43.